The van der Waals surface area contributed by atoms with E-state index < -0.39 is 5.60 Å². The van der Waals surface area contributed by atoms with Crippen molar-refractivity contribution >= 4 is 0 Å². The Bertz CT molecular complexity index is 432. The van der Waals surface area contributed by atoms with Crippen LogP contribution in [-0.2, 0) is 6.54 Å². The zero-order chi connectivity index (χ0) is 14.6. The lowest BCUT2D eigenvalue weighted by molar-refractivity contribution is -0.0245. The van der Waals surface area contributed by atoms with Crippen molar-refractivity contribution in [1.82, 2.24) is 5.32 Å². The maximum absolute atomic E-state index is 10.6. The Morgan fingerprint density at radius 1 is 1.15 bits per heavy atom. The number of aliphatic hydroxyl groups is 1. The minimum Gasteiger partial charge on any atom is -0.496 e. The largest absolute Gasteiger partial charge is 0.496 e. The van der Waals surface area contributed by atoms with Gasteiger partial charge >= 0.3 is 0 Å². The second-order valence-electron chi connectivity index (χ2n) is 6.80. The zero-order valence-electron chi connectivity index (χ0n) is 12.9. The molecule has 3 heteroatoms. The molecule has 1 aromatic rings. The Morgan fingerprint density at radius 3 is 2.45 bits per heavy atom. The molecular formula is C17H27NO2. The van der Waals surface area contributed by atoms with E-state index in [0.717, 1.165) is 43.5 Å². The van der Waals surface area contributed by atoms with Crippen molar-refractivity contribution in [2.45, 2.75) is 51.7 Å². The fourth-order valence-electron chi connectivity index (χ4n) is 2.85. The summed E-state index contributed by atoms with van der Waals surface area (Å²) < 4.78 is 5.34. The van der Waals surface area contributed by atoms with E-state index in [9.17, 15) is 5.11 Å². The number of ether oxygens (including phenoxy) is 1. The molecule has 0 amide bonds. The van der Waals surface area contributed by atoms with Gasteiger partial charge in [-0.15, -0.1) is 0 Å². The first-order valence-electron chi connectivity index (χ1n) is 7.49. The average molecular weight is 277 g/mol. The van der Waals surface area contributed by atoms with Gasteiger partial charge in [0, 0.05) is 18.7 Å². The van der Waals surface area contributed by atoms with Crippen molar-refractivity contribution in [3.05, 3.63) is 29.8 Å². The highest BCUT2D eigenvalue weighted by Gasteiger charge is 2.36. The molecule has 1 aromatic carbocycles. The van der Waals surface area contributed by atoms with E-state index in [-0.39, 0.29) is 0 Å². The topological polar surface area (TPSA) is 41.5 Å². The molecule has 0 radical (unpaired) electrons. The lowest BCUT2D eigenvalue weighted by atomic mass is 9.71. The van der Waals surface area contributed by atoms with Gasteiger partial charge in [0.25, 0.3) is 0 Å². The average Bonchev–Trinajstić information content (AvgIpc) is 2.43. The van der Waals surface area contributed by atoms with Gasteiger partial charge in [0.1, 0.15) is 5.75 Å². The molecule has 0 aromatic heterocycles. The number of rotatable bonds is 5. The van der Waals surface area contributed by atoms with Crippen LogP contribution in [0.2, 0.25) is 0 Å². The highest BCUT2D eigenvalue weighted by molar-refractivity contribution is 5.32. The summed E-state index contributed by atoms with van der Waals surface area (Å²) in [5.74, 6) is 0.900. The number of para-hydroxylation sites is 1. The van der Waals surface area contributed by atoms with Crippen molar-refractivity contribution in [2.75, 3.05) is 13.7 Å². The minimum absolute atomic E-state index is 0.384. The van der Waals surface area contributed by atoms with Gasteiger partial charge in [-0.3, -0.25) is 0 Å². The first-order valence-corrected chi connectivity index (χ1v) is 7.49. The number of methoxy groups -OCH3 is 1. The standard InChI is InChI=1S/C17H27NO2/c1-16(2)8-10-17(19,11-9-16)13-18-12-14-6-4-5-7-15(14)20-3/h4-7,18-19H,8-13H2,1-3H3. The van der Waals surface area contributed by atoms with E-state index in [2.05, 4.69) is 25.2 Å². The van der Waals surface area contributed by atoms with Crippen molar-refractivity contribution in [3.8, 4) is 5.75 Å². The molecule has 1 saturated carbocycles. The number of hydrogen-bond acceptors (Lipinski definition) is 3. The Kier molecular flexibility index (Phi) is 4.71. The molecule has 0 unspecified atom stereocenters. The molecule has 1 aliphatic carbocycles. The highest BCUT2D eigenvalue weighted by Crippen LogP contribution is 2.39. The van der Waals surface area contributed by atoms with Crippen LogP contribution >= 0.6 is 0 Å². The van der Waals surface area contributed by atoms with Crippen LogP contribution in [0.1, 0.15) is 45.1 Å². The monoisotopic (exact) mass is 277 g/mol. The molecular weight excluding hydrogens is 250 g/mol. The maximum atomic E-state index is 10.6. The van der Waals surface area contributed by atoms with Crippen LogP contribution in [0.15, 0.2) is 24.3 Å². The fraction of sp³-hybridized carbons (Fsp3) is 0.647. The maximum Gasteiger partial charge on any atom is 0.123 e. The van der Waals surface area contributed by atoms with Gasteiger partial charge in [-0.1, -0.05) is 32.0 Å². The molecule has 2 N–H and O–H groups in total. The molecule has 0 spiro atoms. The zero-order valence-corrected chi connectivity index (χ0v) is 12.9. The molecule has 0 heterocycles. The summed E-state index contributed by atoms with van der Waals surface area (Å²) in [5.41, 5.74) is 0.974. The predicted molar refractivity (Wildman–Crippen MR) is 81.9 cm³/mol. The minimum atomic E-state index is -0.544. The normalized spacial score (nSPS) is 20.6. The molecule has 1 fully saturated rings. The summed E-state index contributed by atoms with van der Waals surface area (Å²) in [6.07, 6.45) is 3.97. The van der Waals surface area contributed by atoms with Crippen molar-refractivity contribution in [2.24, 2.45) is 5.41 Å². The number of nitrogens with one attached hydrogen (secondary N) is 1. The van der Waals surface area contributed by atoms with E-state index in [0.29, 0.717) is 12.0 Å². The Morgan fingerprint density at radius 2 is 1.80 bits per heavy atom. The SMILES string of the molecule is COc1ccccc1CNCC1(O)CCC(C)(C)CC1. The van der Waals surface area contributed by atoms with E-state index >= 15 is 0 Å². The Balaban J connectivity index is 1.84. The predicted octanol–water partition coefficient (Wildman–Crippen LogP) is 3.12. The first kappa shape index (κ1) is 15.3. The summed E-state index contributed by atoms with van der Waals surface area (Å²) in [4.78, 5) is 0. The summed E-state index contributed by atoms with van der Waals surface area (Å²) in [5, 5.41) is 14.0. The molecule has 2 rings (SSSR count). The Labute approximate surface area is 122 Å². The summed E-state index contributed by atoms with van der Waals surface area (Å²) in [6, 6.07) is 8.01. The lowest BCUT2D eigenvalue weighted by Crippen LogP contribution is -2.44. The van der Waals surface area contributed by atoms with E-state index in [1.807, 2.05) is 18.2 Å². The molecule has 112 valence electrons. The summed E-state index contributed by atoms with van der Waals surface area (Å²) >= 11 is 0. The fourth-order valence-corrected chi connectivity index (χ4v) is 2.85. The molecule has 0 atom stereocenters. The highest BCUT2D eigenvalue weighted by atomic mass is 16.5. The van der Waals surface area contributed by atoms with Crippen LogP contribution in [0.4, 0.5) is 0 Å². The van der Waals surface area contributed by atoms with Gasteiger partial charge in [-0.25, -0.2) is 0 Å². The van der Waals surface area contributed by atoms with Gasteiger partial charge in [-0.2, -0.15) is 0 Å². The van der Waals surface area contributed by atoms with E-state index in [4.69, 9.17) is 4.74 Å². The van der Waals surface area contributed by atoms with Gasteiger partial charge in [0.05, 0.1) is 12.7 Å². The van der Waals surface area contributed by atoms with Gasteiger partial charge in [0.15, 0.2) is 0 Å². The third-order valence-corrected chi connectivity index (χ3v) is 4.50. The lowest BCUT2D eigenvalue weighted by Gasteiger charge is -2.40. The number of hydrogen-bond donors (Lipinski definition) is 2. The third-order valence-electron chi connectivity index (χ3n) is 4.50. The molecule has 0 aliphatic heterocycles. The van der Waals surface area contributed by atoms with Crippen LogP contribution in [0.25, 0.3) is 0 Å². The summed E-state index contributed by atoms with van der Waals surface area (Å²) in [6.45, 7) is 5.96. The second kappa shape index (κ2) is 6.15. The van der Waals surface area contributed by atoms with Crippen LogP contribution < -0.4 is 10.1 Å². The van der Waals surface area contributed by atoms with Crippen LogP contribution in [-0.4, -0.2) is 24.4 Å². The van der Waals surface area contributed by atoms with Gasteiger partial charge in [-0.05, 0) is 37.2 Å². The first-order chi connectivity index (χ1) is 9.44. The van der Waals surface area contributed by atoms with E-state index in [1.54, 1.807) is 7.11 Å². The van der Waals surface area contributed by atoms with Gasteiger partial charge < -0.3 is 15.2 Å². The smallest absolute Gasteiger partial charge is 0.123 e. The molecule has 0 bridgehead atoms. The molecule has 20 heavy (non-hydrogen) atoms. The van der Waals surface area contributed by atoms with E-state index in [1.165, 1.54) is 0 Å². The molecule has 1 aliphatic rings. The van der Waals surface area contributed by atoms with Crippen molar-refractivity contribution in [3.63, 3.8) is 0 Å². The quantitative estimate of drug-likeness (QED) is 0.869. The van der Waals surface area contributed by atoms with Crippen LogP contribution in [0.3, 0.4) is 0 Å². The van der Waals surface area contributed by atoms with Crippen LogP contribution in [0.5, 0.6) is 5.75 Å². The molecule has 0 saturated heterocycles. The van der Waals surface area contributed by atoms with Crippen molar-refractivity contribution < 1.29 is 9.84 Å². The third kappa shape index (κ3) is 3.97. The summed E-state index contributed by atoms with van der Waals surface area (Å²) in [7, 11) is 1.69. The molecule has 3 nitrogen and oxygen atoms in total. The second-order valence-corrected chi connectivity index (χ2v) is 6.80. The Hall–Kier alpha value is -1.06. The van der Waals surface area contributed by atoms with Gasteiger partial charge in [0.2, 0.25) is 0 Å². The van der Waals surface area contributed by atoms with Crippen LogP contribution in [0, 0.1) is 5.41 Å². The van der Waals surface area contributed by atoms with Crippen molar-refractivity contribution in [1.29, 1.82) is 0 Å². The number of benzene rings is 1.